The van der Waals surface area contributed by atoms with E-state index in [4.69, 9.17) is 4.42 Å². The van der Waals surface area contributed by atoms with Crippen LogP contribution in [0.2, 0.25) is 0 Å². The Hall–Kier alpha value is -0.840. The van der Waals surface area contributed by atoms with Crippen molar-refractivity contribution in [2.75, 3.05) is 0 Å². The van der Waals surface area contributed by atoms with Crippen molar-refractivity contribution < 1.29 is 9.21 Å². The third-order valence-electron chi connectivity index (χ3n) is 2.70. The lowest BCUT2D eigenvalue weighted by Gasteiger charge is -2.25. The van der Waals surface area contributed by atoms with Gasteiger partial charge in [-0.25, -0.2) is 0 Å². The highest BCUT2D eigenvalue weighted by Crippen LogP contribution is 2.35. The second kappa shape index (κ2) is 4.35. The summed E-state index contributed by atoms with van der Waals surface area (Å²) in [6.07, 6.45) is 2.33. The number of thioether (sulfide) groups is 1. The number of carbonyl (C=O) groups is 1. The van der Waals surface area contributed by atoms with Crippen LogP contribution in [0.1, 0.15) is 32.1 Å². The monoisotopic (exact) mass is 226 g/mol. The molecule has 2 unspecified atom stereocenters. The molecule has 1 aromatic heterocycles. The van der Waals surface area contributed by atoms with E-state index >= 15 is 0 Å². The molecule has 0 radical (unpaired) electrons. The van der Waals surface area contributed by atoms with E-state index in [1.54, 1.807) is 6.92 Å². The number of aromatic nitrogens is 2. The summed E-state index contributed by atoms with van der Waals surface area (Å²) in [4.78, 5) is 11.3. The fraction of sp³-hybridized carbons (Fsp3) is 0.700. The number of hydrogen-bond acceptors (Lipinski definition) is 5. The predicted molar refractivity (Wildman–Crippen MR) is 56.7 cm³/mol. The van der Waals surface area contributed by atoms with Crippen LogP contribution in [0.3, 0.4) is 0 Å². The van der Waals surface area contributed by atoms with Crippen LogP contribution in [0.25, 0.3) is 0 Å². The van der Waals surface area contributed by atoms with Gasteiger partial charge in [-0.2, -0.15) is 0 Å². The Balaban J connectivity index is 2.01. The molecule has 0 N–H and O–H groups in total. The molecule has 0 amide bonds. The normalized spacial score (nSPS) is 26.9. The van der Waals surface area contributed by atoms with Gasteiger partial charge in [-0.3, -0.25) is 4.79 Å². The first-order valence-corrected chi connectivity index (χ1v) is 6.01. The molecule has 82 valence electrons. The Morgan fingerprint density at radius 1 is 1.47 bits per heavy atom. The van der Waals surface area contributed by atoms with Gasteiger partial charge in [0.1, 0.15) is 5.78 Å². The number of rotatable bonds is 2. The number of ketones is 1. The van der Waals surface area contributed by atoms with Gasteiger partial charge in [0.15, 0.2) is 0 Å². The Morgan fingerprint density at radius 2 is 2.27 bits per heavy atom. The molecule has 1 aliphatic carbocycles. The van der Waals surface area contributed by atoms with E-state index < -0.39 is 0 Å². The summed E-state index contributed by atoms with van der Waals surface area (Å²) < 4.78 is 5.30. The lowest BCUT2D eigenvalue weighted by Crippen LogP contribution is -2.25. The molecule has 0 saturated heterocycles. The van der Waals surface area contributed by atoms with E-state index in [9.17, 15) is 4.79 Å². The van der Waals surface area contributed by atoms with Gasteiger partial charge in [0.05, 0.1) is 0 Å². The SMILES string of the molecule is Cc1nnc(SC2CC(=O)CCC2C)o1. The zero-order chi connectivity index (χ0) is 10.8. The third-order valence-corrected chi connectivity index (χ3v) is 4.00. The molecule has 0 spiro atoms. The Labute approximate surface area is 92.8 Å². The minimum atomic E-state index is 0.297. The van der Waals surface area contributed by atoms with Crippen molar-refractivity contribution in [3.05, 3.63) is 5.89 Å². The van der Waals surface area contributed by atoms with Crippen molar-refractivity contribution in [2.45, 2.75) is 43.6 Å². The zero-order valence-corrected chi connectivity index (χ0v) is 9.71. The van der Waals surface area contributed by atoms with Gasteiger partial charge >= 0.3 is 0 Å². The lowest BCUT2D eigenvalue weighted by atomic mass is 9.89. The van der Waals surface area contributed by atoms with E-state index in [0.29, 0.717) is 34.5 Å². The summed E-state index contributed by atoms with van der Waals surface area (Å²) in [6, 6.07) is 0. The van der Waals surface area contributed by atoms with Crippen LogP contribution in [0, 0.1) is 12.8 Å². The minimum Gasteiger partial charge on any atom is -0.416 e. The molecule has 1 fully saturated rings. The average Bonchev–Trinajstić information content (AvgIpc) is 2.58. The van der Waals surface area contributed by atoms with Crippen molar-refractivity contribution in [3.63, 3.8) is 0 Å². The maximum absolute atomic E-state index is 11.3. The molecular formula is C10H14N2O2S. The van der Waals surface area contributed by atoms with E-state index in [1.165, 1.54) is 11.8 Å². The molecule has 1 aliphatic rings. The highest BCUT2D eigenvalue weighted by Gasteiger charge is 2.28. The molecule has 5 heteroatoms. The molecular weight excluding hydrogens is 212 g/mol. The molecule has 15 heavy (non-hydrogen) atoms. The van der Waals surface area contributed by atoms with Gasteiger partial charge in [-0.1, -0.05) is 18.7 Å². The molecule has 4 nitrogen and oxygen atoms in total. The van der Waals surface area contributed by atoms with E-state index in [-0.39, 0.29) is 0 Å². The topological polar surface area (TPSA) is 56.0 Å². The second-order valence-corrected chi connectivity index (χ2v) is 5.19. The first kappa shape index (κ1) is 10.7. The van der Waals surface area contributed by atoms with Crippen LogP contribution in [0.5, 0.6) is 0 Å². The standard InChI is InChI=1S/C10H14N2O2S/c1-6-3-4-8(13)5-9(6)15-10-12-11-7(2)14-10/h6,9H,3-5H2,1-2H3. The summed E-state index contributed by atoms with van der Waals surface area (Å²) in [7, 11) is 0. The smallest absolute Gasteiger partial charge is 0.276 e. The predicted octanol–water partition coefficient (Wildman–Crippen LogP) is 2.23. The zero-order valence-electron chi connectivity index (χ0n) is 8.90. The largest absolute Gasteiger partial charge is 0.416 e. The van der Waals surface area contributed by atoms with Gasteiger partial charge < -0.3 is 4.42 Å². The molecule has 1 heterocycles. The fourth-order valence-electron chi connectivity index (χ4n) is 1.72. The molecule has 1 saturated carbocycles. The van der Waals surface area contributed by atoms with Crippen molar-refractivity contribution in [1.29, 1.82) is 0 Å². The van der Waals surface area contributed by atoms with Crippen molar-refractivity contribution in [3.8, 4) is 0 Å². The van der Waals surface area contributed by atoms with E-state index in [0.717, 1.165) is 12.8 Å². The summed E-state index contributed by atoms with van der Waals surface area (Å²) in [5.74, 6) is 1.47. The highest BCUT2D eigenvalue weighted by atomic mass is 32.2. The van der Waals surface area contributed by atoms with Crippen LogP contribution >= 0.6 is 11.8 Å². The Kier molecular flexibility index (Phi) is 3.09. The van der Waals surface area contributed by atoms with Gasteiger partial charge in [-0.15, -0.1) is 10.2 Å². The van der Waals surface area contributed by atoms with Crippen molar-refractivity contribution in [2.24, 2.45) is 5.92 Å². The Bertz CT molecular complexity index is 364. The summed E-state index contributed by atoms with van der Waals surface area (Å²) in [6.45, 7) is 3.94. The van der Waals surface area contributed by atoms with Gasteiger partial charge in [0.25, 0.3) is 5.22 Å². The van der Waals surface area contributed by atoms with Crippen LogP contribution in [-0.2, 0) is 4.79 Å². The van der Waals surface area contributed by atoms with Gasteiger partial charge in [0, 0.05) is 25.0 Å². The Morgan fingerprint density at radius 3 is 2.93 bits per heavy atom. The van der Waals surface area contributed by atoms with Gasteiger partial charge in [-0.05, 0) is 12.3 Å². The first-order valence-electron chi connectivity index (χ1n) is 5.13. The minimum absolute atomic E-state index is 0.297. The average molecular weight is 226 g/mol. The highest BCUT2D eigenvalue weighted by molar-refractivity contribution is 7.99. The molecule has 2 atom stereocenters. The van der Waals surface area contributed by atoms with Crippen molar-refractivity contribution >= 4 is 17.5 Å². The maximum atomic E-state index is 11.3. The van der Waals surface area contributed by atoms with Gasteiger partial charge in [0.2, 0.25) is 5.89 Å². The van der Waals surface area contributed by atoms with Crippen LogP contribution < -0.4 is 0 Å². The number of nitrogens with zero attached hydrogens (tertiary/aromatic N) is 2. The van der Waals surface area contributed by atoms with Crippen LogP contribution in [0.4, 0.5) is 0 Å². The molecule has 0 aromatic carbocycles. The van der Waals surface area contributed by atoms with Crippen LogP contribution in [-0.4, -0.2) is 21.2 Å². The molecule has 2 rings (SSSR count). The van der Waals surface area contributed by atoms with Crippen LogP contribution in [0.15, 0.2) is 9.64 Å². The number of Topliss-reactive ketones (excluding diaryl/α,β-unsaturated/α-hetero) is 1. The molecule has 0 aliphatic heterocycles. The summed E-state index contributed by atoms with van der Waals surface area (Å²) in [5.41, 5.74) is 0. The number of carbonyl (C=O) groups excluding carboxylic acids is 1. The summed E-state index contributed by atoms with van der Waals surface area (Å²) in [5, 5.41) is 8.59. The van der Waals surface area contributed by atoms with Crippen molar-refractivity contribution in [1.82, 2.24) is 10.2 Å². The number of hydrogen-bond donors (Lipinski definition) is 0. The molecule has 1 aromatic rings. The molecule has 0 bridgehead atoms. The van der Waals surface area contributed by atoms with E-state index in [1.807, 2.05) is 0 Å². The fourth-order valence-corrected chi connectivity index (χ4v) is 2.87. The lowest BCUT2D eigenvalue weighted by molar-refractivity contribution is -0.120. The summed E-state index contributed by atoms with van der Waals surface area (Å²) >= 11 is 1.54. The third kappa shape index (κ3) is 2.59. The first-order chi connectivity index (χ1) is 7.15. The quantitative estimate of drug-likeness (QED) is 0.774. The number of aryl methyl sites for hydroxylation is 1. The second-order valence-electron chi connectivity index (χ2n) is 4.00. The van der Waals surface area contributed by atoms with E-state index in [2.05, 4.69) is 17.1 Å². The maximum Gasteiger partial charge on any atom is 0.276 e.